The van der Waals surface area contributed by atoms with E-state index in [0.717, 1.165) is 24.1 Å². The Morgan fingerprint density at radius 2 is 1.83 bits per heavy atom. The predicted molar refractivity (Wildman–Crippen MR) is 89.5 cm³/mol. The molecular formula is C17H22N2O4S. The van der Waals surface area contributed by atoms with E-state index >= 15 is 0 Å². The minimum absolute atomic E-state index is 0.0874. The first kappa shape index (κ1) is 17.0. The third-order valence-corrected chi connectivity index (χ3v) is 6.49. The molecule has 0 spiro atoms. The van der Waals surface area contributed by atoms with E-state index in [1.165, 1.54) is 11.3 Å². The number of carbonyl (C=O) groups excluding carboxylic acids is 2. The number of thiophene rings is 1. The van der Waals surface area contributed by atoms with E-state index in [2.05, 4.69) is 24.7 Å². The van der Waals surface area contributed by atoms with Crippen LogP contribution in [0.25, 0.3) is 0 Å². The molecule has 2 aliphatic carbocycles. The highest BCUT2D eigenvalue weighted by Gasteiger charge is 2.54. The lowest BCUT2D eigenvalue weighted by molar-refractivity contribution is -0.149. The molecule has 7 heteroatoms. The molecular weight excluding hydrogens is 328 g/mol. The lowest BCUT2D eigenvalue weighted by Crippen LogP contribution is -2.48. The normalized spacial score (nSPS) is 28.1. The van der Waals surface area contributed by atoms with E-state index in [-0.39, 0.29) is 23.7 Å². The molecule has 2 aliphatic rings. The topological polar surface area (TPSA) is 95.5 Å². The number of aliphatic carboxylic acids is 1. The molecule has 2 saturated carbocycles. The molecule has 2 amide bonds. The fraction of sp³-hybridized carbons (Fsp3) is 0.588. The number of amides is 2. The zero-order chi connectivity index (χ0) is 17.4. The summed E-state index contributed by atoms with van der Waals surface area (Å²) in [5.41, 5.74) is 5.36. The third kappa shape index (κ3) is 3.05. The van der Waals surface area contributed by atoms with Gasteiger partial charge in [0.1, 0.15) is 0 Å². The van der Waals surface area contributed by atoms with Gasteiger partial charge in [-0.3, -0.25) is 25.2 Å². The van der Waals surface area contributed by atoms with Gasteiger partial charge in [-0.1, -0.05) is 13.8 Å². The summed E-state index contributed by atoms with van der Waals surface area (Å²) >= 11 is 1.51. The van der Waals surface area contributed by atoms with Gasteiger partial charge in [-0.25, -0.2) is 0 Å². The number of carboxylic acid groups (broad SMARTS) is 1. The van der Waals surface area contributed by atoms with Crippen molar-refractivity contribution in [1.82, 2.24) is 10.9 Å². The molecule has 0 aliphatic heterocycles. The maximum atomic E-state index is 12.4. The van der Waals surface area contributed by atoms with E-state index in [1.54, 1.807) is 5.38 Å². The monoisotopic (exact) mass is 350 g/mol. The van der Waals surface area contributed by atoms with Gasteiger partial charge in [-0.2, -0.15) is 0 Å². The fourth-order valence-corrected chi connectivity index (χ4v) is 4.98. The van der Waals surface area contributed by atoms with Crippen LogP contribution in [0.1, 0.15) is 54.3 Å². The number of nitrogens with one attached hydrogen (secondary N) is 2. The van der Waals surface area contributed by atoms with E-state index in [1.807, 2.05) is 6.07 Å². The highest BCUT2D eigenvalue weighted by Crippen LogP contribution is 2.52. The minimum Gasteiger partial charge on any atom is -0.481 e. The maximum absolute atomic E-state index is 12.4. The van der Waals surface area contributed by atoms with Gasteiger partial charge in [0.2, 0.25) is 5.91 Å². The molecule has 130 valence electrons. The Balaban J connectivity index is 1.60. The molecule has 0 aromatic carbocycles. The molecule has 1 heterocycles. The van der Waals surface area contributed by atoms with Gasteiger partial charge in [0, 0.05) is 10.3 Å². The van der Waals surface area contributed by atoms with E-state index < -0.39 is 17.8 Å². The summed E-state index contributed by atoms with van der Waals surface area (Å²) in [5.74, 6) is -2.30. The molecule has 6 nitrogen and oxygen atoms in total. The number of rotatable bonds is 4. The number of hydrogen-bond acceptors (Lipinski definition) is 4. The first-order chi connectivity index (χ1) is 11.4. The van der Waals surface area contributed by atoms with Gasteiger partial charge in [-0.15, -0.1) is 11.3 Å². The third-order valence-electron chi connectivity index (χ3n) is 5.25. The second kappa shape index (κ2) is 6.55. The van der Waals surface area contributed by atoms with Crippen LogP contribution in [0.5, 0.6) is 0 Å². The number of hydrazine groups is 1. The van der Waals surface area contributed by atoms with Gasteiger partial charge in [0.05, 0.1) is 17.4 Å². The zero-order valence-electron chi connectivity index (χ0n) is 13.7. The molecule has 0 radical (unpaired) electrons. The molecule has 0 unspecified atom stereocenters. The highest BCUT2D eigenvalue weighted by molar-refractivity contribution is 7.10. The molecule has 1 aromatic rings. The summed E-state index contributed by atoms with van der Waals surface area (Å²) < 4.78 is 0. The first-order valence-corrected chi connectivity index (χ1v) is 9.18. The molecule has 0 saturated heterocycles. The maximum Gasteiger partial charge on any atom is 0.307 e. The average Bonchev–Trinajstić information content (AvgIpc) is 3.25. The zero-order valence-corrected chi connectivity index (χ0v) is 14.6. The van der Waals surface area contributed by atoms with Crippen LogP contribution in [0.4, 0.5) is 0 Å². The molecule has 3 rings (SSSR count). The Morgan fingerprint density at radius 3 is 2.42 bits per heavy atom. The number of carboxylic acids is 1. The van der Waals surface area contributed by atoms with E-state index in [9.17, 15) is 19.5 Å². The largest absolute Gasteiger partial charge is 0.481 e. The average molecular weight is 350 g/mol. The van der Waals surface area contributed by atoms with Gasteiger partial charge >= 0.3 is 5.97 Å². The van der Waals surface area contributed by atoms with Crippen LogP contribution in [0.3, 0.4) is 0 Å². The van der Waals surface area contributed by atoms with Crippen LogP contribution >= 0.6 is 11.3 Å². The van der Waals surface area contributed by atoms with Crippen molar-refractivity contribution < 1.29 is 19.5 Å². The summed E-state index contributed by atoms with van der Waals surface area (Å²) in [7, 11) is 0. The summed E-state index contributed by atoms with van der Waals surface area (Å²) in [5, 5.41) is 11.2. The van der Waals surface area contributed by atoms with Crippen molar-refractivity contribution in [2.45, 2.75) is 39.0 Å². The predicted octanol–water partition coefficient (Wildman–Crippen LogP) is 2.38. The second-order valence-corrected chi connectivity index (χ2v) is 8.00. The van der Waals surface area contributed by atoms with E-state index in [0.29, 0.717) is 11.5 Å². The summed E-state index contributed by atoms with van der Waals surface area (Å²) in [6.07, 6.45) is 2.57. The summed E-state index contributed by atoms with van der Waals surface area (Å²) in [4.78, 5) is 37.1. The quantitative estimate of drug-likeness (QED) is 0.727. The van der Waals surface area contributed by atoms with Crippen LogP contribution < -0.4 is 10.9 Å². The van der Waals surface area contributed by atoms with Crippen molar-refractivity contribution in [2.24, 2.45) is 23.7 Å². The summed E-state index contributed by atoms with van der Waals surface area (Å²) in [6.45, 7) is 4.10. The smallest absolute Gasteiger partial charge is 0.307 e. The Bertz CT molecular complexity index is 669. The highest BCUT2D eigenvalue weighted by atomic mass is 32.1. The second-order valence-electron chi connectivity index (χ2n) is 7.06. The van der Waals surface area contributed by atoms with Crippen molar-refractivity contribution in [3.63, 3.8) is 0 Å². The molecule has 24 heavy (non-hydrogen) atoms. The lowest BCUT2D eigenvalue weighted by Gasteiger charge is -2.26. The molecule has 1 aromatic heterocycles. The van der Waals surface area contributed by atoms with Crippen LogP contribution in [0.15, 0.2) is 11.4 Å². The van der Waals surface area contributed by atoms with Crippen molar-refractivity contribution in [3.05, 3.63) is 21.9 Å². The molecule has 3 N–H and O–H groups in total. The van der Waals surface area contributed by atoms with Crippen LogP contribution in [-0.4, -0.2) is 22.9 Å². The molecule has 2 bridgehead atoms. The van der Waals surface area contributed by atoms with Gasteiger partial charge < -0.3 is 5.11 Å². The minimum atomic E-state index is -0.909. The SMILES string of the molecule is CC(C)c1cc(C(=O)NNC(=O)[C@@H]2[C@@H]3CC[C@@H](C3)[C@@H]2C(=O)O)cs1. The first-order valence-electron chi connectivity index (χ1n) is 8.30. The van der Waals surface area contributed by atoms with Crippen molar-refractivity contribution in [1.29, 1.82) is 0 Å². The van der Waals surface area contributed by atoms with Gasteiger partial charge in [0.25, 0.3) is 5.91 Å². The lowest BCUT2D eigenvalue weighted by atomic mass is 9.79. The standard InChI is InChI=1S/C17H22N2O4S/c1-8(2)12-6-11(7-24-12)15(20)18-19-16(21)13-9-3-4-10(5-9)14(13)17(22)23/h6-10,13-14H,3-5H2,1-2H3,(H,18,20)(H,19,21)(H,22,23)/t9-,10+,13-,14+/m1/s1. The van der Waals surface area contributed by atoms with Crippen LogP contribution in [-0.2, 0) is 9.59 Å². The van der Waals surface area contributed by atoms with E-state index in [4.69, 9.17) is 0 Å². The number of fused-ring (bicyclic) bond motifs is 2. The number of carbonyl (C=O) groups is 3. The van der Waals surface area contributed by atoms with Gasteiger partial charge in [-0.05, 0) is 43.1 Å². The van der Waals surface area contributed by atoms with Crippen molar-refractivity contribution in [3.8, 4) is 0 Å². The Labute approximate surface area is 144 Å². The van der Waals surface area contributed by atoms with Gasteiger partial charge in [0.15, 0.2) is 0 Å². The molecule has 2 fully saturated rings. The Morgan fingerprint density at radius 1 is 1.17 bits per heavy atom. The van der Waals surface area contributed by atoms with Crippen LogP contribution in [0, 0.1) is 23.7 Å². The molecule has 4 atom stereocenters. The fourth-order valence-electron chi connectivity index (χ4n) is 4.07. The van der Waals surface area contributed by atoms with Crippen molar-refractivity contribution in [2.75, 3.05) is 0 Å². The van der Waals surface area contributed by atoms with Crippen molar-refractivity contribution >= 4 is 29.1 Å². The summed E-state index contributed by atoms with van der Waals surface area (Å²) in [6, 6.07) is 1.81. The Kier molecular flexibility index (Phi) is 4.62. The number of hydrogen-bond donors (Lipinski definition) is 3. The van der Waals surface area contributed by atoms with Crippen LogP contribution in [0.2, 0.25) is 0 Å². The Hall–Kier alpha value is -1.89.